The first-order valence-electron chi connectivity index (χ1n) is 9.89. The molecule has 0 aromatic heterocycles. The fourth-order valence-electron chi connectivity index (χ4n) is 3.86. The van der Waals surface area contributed by atoms with Gasteiger partial charge in [0.2, 0.25) is 5.91 Å². The zero-order valence-electron chi connectivity index (χ0n) is 16.1. The number of carbonyl (C=O) groups is 2. The normalized spacial score (nSPS) is 17.3. The highest BCUT2D eigenvalue weighted by molar-refractivity contribution is 5.97. The lowest BCUT2D eigenvalue weighted by Crippen LogP contribution is -2.50. The molecule has 0 radical (unpaired) electrons. The largest absolute Gasteiger partial charge is 0.335 e. The summed E-state index contributed by atoms with van der Waals surface area (Å²) in [6.45, 7) is 3.82. The van der Waals surface area contributed by atoms with Crippen molar-refractivity contribution in [3.63, 3.8) is 0 Å². The summed E-state index contributed by atoms with van der Waals surface area (Å²) in [6.07, 6.45) is 5.49. The van der Waals surface area contributed by atoms with Crippen molar-refractivity contribution in [3.05, 3.63) is 48.0 Å². The monoisotopic (exact) mass is 367 g/mol. The van der Waals surface area contributed by atoms with Crippen LogP contribution in [0.15, 0.2) is 42.5 Å². The molecule has 3 N–H and O–H groups in total. The number of nitrogens with one attached hydrogen (secondary N) is 3. The molecule has 1 fully saturated rings. The standard InChI is InChI=1S/C22H29N3O2/c1-15(19-14-8-10-17-9-6-7-13-20(17)19)23-16(2)21(26)25-22(27)24-18-11-4-3-5-12-18/h6-10,13-16,18,23H,3-5,11-12H2,1-2H3,(H2,24,25,26,27)/t15-,16+/m1/s1. The van der Waals surface area contributed by atoms with Gasteiger partial charge >= 0.3 is 6.03 Å². The predicted octanol–water partition coefficient (Wildman–Crippen LogP) is 4.04. The smallest absolute Gasteiger partial charge is 0.321 e. The van der Waals surface area contributed by atoms with Gasteiger partial charge in [0.25, 0.3) is 0 Å². The predicted molar refractivity (Wildman–Crippen MR) is 109 cm³/mol. The fraction of sp³-hybridized carbons (Fsp3) is 0.455. The molecule has 0 unspecified atom stereocenters. The van der Waals surface area contributed by atoms with Crippen LogP contribution >= 0.6 is 0 Å². The fourth-order valence-corrected chi connectivity index (χ4v) is 3.86. The van der Waals surface area contributed by atoms with Crippen molar-refractivity contribution in [2.24, 2.45) is 0 Å². The quantitative estimate of drug-likeness (QED) is 0.747. The maximum absolute atomic E-state index is 12.4. The second-order valence-corrected chi connectivity index (χ2v) is 7.48. The highest BCUT2D eigenvalue weighted by atomic mass is 16.2. The van der Waals surface area contributed by atoms with Gasteiger partial charge in [-0.3, -0.25) is 15.4 Å². The molecule has 0 heterocycles. The number of rotatable bonds is 5. The molecule has 2 aromatic rings. The lowest BCUT2D eigenvalue weighted by Gasteiger charge is -2.24. The van der Waals surface area contributed by atoms with Gasteiger partial charge in [-0.05, 0) is 43.0 Å². The molecule has 1 aliphatic rings. The summed E-state index contributed by atoms with van der Waals surface area (Å²) >= 11 is 0. The van der Waals surface area contributed by atoms with E-state index in [2.05, 4.69) is 40.2 Å². The minimum Gasteiger partial charge on any atom is -0.335 e. The molecule has 0 bridgehead atoms. The summed E-state index contributed by atoms with van der Waals surface area (Å²) in [4.78, 5) is 24.5. The molecule has 0 saturated heterocycles. The summed E-state index contributed by atoms with van der Waals surface area (Å²) < 4.78 is 0. The molecule has 5 nitrogen and oxygen atoms in total. The van der Waals surface area contributed by atoms with Gasteiger partial charge in [-0.25, -0.2) is 4.79 Å². The van der Waals surface area contributed by atoms with Gasteiger partial charge in [0.1, 0.15) is 0 Å². The van der Waals surface area contributed by atoms with Crippen molar-refractivity contribution in [3.8, 4) is 0 Å². The van der Waals surface area contributed by atoms with Gasteiger partial charge in [0.15, 0.2) is 0 Å². The van der Waals surface area contributed by atoms with Crippen LogP contribution in [0.1, 0.15) is 57.6 Å². The van der Waals surface area contributed by atoms with E-state index in [0.717, 1.165) is 31.2 Å². The Balaban J connectivity index is 1.56. The molecule has 3 amide bonds. The maximum atomic E-state index is 12.4. The first kappa shape index (κ1) is 19.4. The molecular formula is C22H29N3O2. The molecule has 5 heteroatoms. The molecule has 0 aliphatic heterocycles. The van der Waals surface area contributed by atoms with Gasteiger partial charge in [0, 0.05) is 12.1 Å². The van der Waals surface area contributed by atoms with Crippen LogP contribution in [0.5, 0.6) is 0 Å². The van der Waals surface area contributed by atoms with Crippen molar-refractivity contribution < 1.29 is 9.59 Å². The Kier molecular flexibility index (Phi) is 6.45. The lowest BCUT2D eigenvalue weighted by molar-refractivity contribution is -0.121. The molecule has 144 valence electrons. The Morgan fingerprint density at radius 3 is 2.44 bits per heavy atom. The van der Waals surface area contributed by atoms with E-state index in [9.17, 15) is 9.59 Å². The molecule has 2 atom stereocenters. The first-order valence-corrected chi connectivity index (χ1v) is 9.89. The molecular weight excluding hydrogens is 338 g/mol. The number of amides is 3. The van der Waals surface area contributed by atoms with Gasteiger partial charge < -0.3 is 5.32 Å². The van der Waals surface area contributed by atoms with Crippen molar-refractivity contribution >= 4 is 22.7 Å². The van der Waals surface area contributed by atoms with Crippen LogP contribution in [-0.4, -0.2) is 24.0 Å². The minimum atomic E-state index is -0.476. The minimum absolute atomic E-state index is 0.0155. The Hall–Kier alpha value is -2.40. The number of hydrogen-bond donors (Lipinski definition) is 3. The zero-order chi connectivity index (χ0) is 19.2. The third-order valence-corrected chi connectivity index (χ3v) is 5.36. The molecule has 1 saturated carbocycles. The topological polar surface area (TPSA) is 70.2 Å². The van der Waals surface area contributed by atoms with Gasteiger partial charge in [-0.2, -0.15) is 0 Å². The van der Waals surface area contributed by atoms with Crippen LogP contribution in [0, 0.1) is 0 Å². The Labute approximate surface area is 160 Å². The van der Waals surface area contributed by atoms with Crippen LogP contribution in [0.25, 0.3) is 10.8 Å². The third-order valence-electron chi connectivity index (χ3n) is 5.36. The van der Waals surface area contributed by atoms with Gasteiger partial charge in [-0.1, -0.05) is 61.7 Å². The van der Waals surface area contributed by atoms with E-state index in [1.165, 1.54) is 17.2 Å². The van der Waals surface area contributed by atoms with E-state index in [-0.39, 0.29) is 18.0 Å². The van der Waals surface area contributed by atoms with Gasteiger partial charge in [0.05, 0.1) is 6.04 Å². The molecule has 3 rings (SSSR count). The lowest BCUT2D eigenvalue weighted by atomic mass is 9.96. The maximum Gasteiger partial charge on any atom is 0.321 e. The highest BCUT2D eigenvalue weighted by Gasteiger charge is 2.21. The molecule has 2 aromatic carbocycles. The molecule has 0 spiro atoms. The summed E-state index contributed by atoms with van der Waals surface area (Å²) in [5, 5.41) is 11.0. The van der Waals surface area contributed by atoms with E-state index in [4.69, 9.17) is 0 Å². The Bertz CT molecular complexity index is 794. The number of benzene rings is 2. The first-order chi connectivity index (χ1) is 13.0. The molecule has 27 heavy (non-hydrogen) atoms. The number of hydrogen-bond acceptors (Lipinski definition) is 3. The van der Waals surface area contributed by atoms with Crippen molar-refractivity contribution in [2.45, 2.75) is 64.1 Å². The van der Waals surface area contributed by atoms with Crippen molar-refractivity contribution in [1.29, 1.82) is 0 Å². The Morgan fingerprint density at radius 2 is 1.67 bits per heavy atom. The number of urea groups is 1. The van der Waals surface area contributed by atoms with E-state index in [1.807, 2.05) is 25.1 Å². The van der Waals surface area contributed by atoms with Crippen molar-refractivity contribution in [1.82, 2.24) is 16.0 Å². The van der Waals surface area contributed by atoms with Crippen molar-refractivity contribution in [2.75, 3.05) is 0 Å². The molecule has 1 aliphatic carbocycles. The second-order valence-electron chi connectivity index (χ2n) is 7.48. The van der Waals surface area contributed by atoms with Crippen LogP contribution in [0.4, 0.5) is 4.79 Å². The summed E-state index contributed by atoms with van der Waals surface area (Å²) in [6, 6.07) is 13.7. The van der Waals surface area contributed by atoms with Crippen LogP contribution < -0.4 is 16.0 Å². The number of carbonyl (C=O) groups excluding carboxylic acids is 2. The van der Waals surface area contributed by atoms with Gasteiger partial charge in [-0.15, -0.1) is 0 Å². The average molecular weight is 367 g/mol. The number of fused-ring (bicyclic) bond motifs is 1. The second kappa shape index (κ2) is 9.00. The zero-order valence-corrected chi connectivity index (χ0v) is 16.1. The Morgan fingerprint density at radius 1 is 0.963 bits per heavy atom. The van der Waals surface area contributed by atoms with E-state index < -0.39 is 12.1 Å². The third kappa shape index (κ3) is 5.07. The van der Waals surface area contributed by atoms with Crippen LogP contribution in [0.3, 0.4) is 0 Å². The van der Waals surface area contributed by atoms with Crippen LogP contribution in [0.2, 0.25) is 0 Å². The van der Waals surface area contributed by atoms with E-state index in [0.29, 0.717) is 0 Å². The van der Waals surface area contributed by atoms with E-state index >= 15 is 0 Å². The highest BCUT2D eigenvalue weighted by Crippen LogP contribution is 2.24. The van der Waals surface area contributed by atoms with E-state index in [1.54, 1.807) is 6.92 Å². The number of imide groups is 1. The van der Waals surface area contributed by atoms with Crippen LogP contribution in [-0.2, 0) is 4.79 Å². The summed E-state index contributed by atoms with van der Waals surface area (Å²) in [7, 11) is 0. The summed E-state index contributed by atoms with van der Waals surface area (Å²) in [5.74, 6) is -0.310. The SMILES string of the molecule is C[C@H](N[C@H](C)c1cccc2ccccc12)C(=O)NC(=O)NC1CCCCC1. The average Bonchev–Trinajstić information content (AvgIpc) is 2.68. The summed E-state index contributed by atoms with van der Waals surface area (Å²) in [5.41, 5.74) is 1.14.